The Balaban J connectivity index is 1.83. The summed E-state index contributed by atoms with van der Waals surface area (Å²) in [7, 11) is 0. The maximum Gasteiger partial charge on any atom is 0.150 e. The molecular formula is C20H16N8. The number of anilines is 2. The van der Waals surface area contributed by atoms with Crippen LogP contribution in [0, 0.1) is 11.3 Å². The number of nitrogens with zero attached hydrogens (tertiary/aromatic N) is 6. The van der Waals surface area contributed by atoms with Gasteiger partial charge >= 0.3 is 0 Å². The Kier molecular flexibility index (Phi) is 4.48. The van der Waals surface area contributed by atoms with Gasteiger partial charge in [-0.1, -0.05) is 6.07 Å². The van der Waals surface area contributed by atoms with E-state index in [0.29, 0.717) is 5.82 Å². The van der Waals surface area contributed by atoms with Gasteiger partial charge in [-0.05, 0) is 31.2 Å². The standard InChI is InChI=1S/C20H16N8/c1-12(27-20-15(9-21)19(22)25-11-26-20)18-14(17-4-2-3-6-24-17)8-13-10-23-7-5-16(13)28-18/h2-8,10-12H,1H3,(H3,22,25,26,27). The number of nitriles is 1. The molecule has 0 aliphatic heterocycles. The van der Waals surface area contributed by atoms with Crippen molar-refractivity contribution in [2.75, 3.05) is 11.1 Å². The van der Waals surface area contributed by atoms with Gasteiger partial charge in [0.15, 0.2) is 0 Å². The summed E-state index contributed by atoms with van der Waals surface area (Å²) in [6.45, 7) is 1.95. The fraction of sp³-hybridized carbons (Fsp3) is 0.100. The third-order valence-electron chi connectivity index (χ3n) is 4.34. The number of nitrogen functional groups attached to an aromatic ring is 1. The molecular weight excluding hydrogens is 352 g/mol. The van der Waals surface area contributed by atoms with Crippen molar-refractivity contribution >= 4 is 22.5 Å². The van der Waals surface area contributed by atoms with Gasteiger partial charge in [0, 0.05) is 29.5 Å². The third kappa shape index (κ3) is 3.17. The van der Waals surface area contributed by atoms with Crippen LogP contribution in [0.3, 0.4) is 0 Å². The number of nitrogens with one attached hydrogen (secondary N) is 1. The highest BCUT2D eigenvalue weighted by Crippen LogP contribution is 2.31. The van der Waals surface area contributed by atoms with Gasteiger partial charge in [0.1, 0.15) is 29.6 Å². The molecule has 0 aliphatic rings. The summed E-state index contributed by atoms with van der Waals surface area (Å²) in [4.78, 5) is 21.5. The molecule has 4 heterocycles. The van der Waals surface area contributed by atoms with E-state index >= 15 is 0 Å². The molecule has 1 unspecified atom stereocenters. The maximum atomic E-state index is 9.37. The first-order valence-electron chi connectivity index (χ1n) is 8.60. The van der Waals surface area contributed by atoms with Gasteiger partial charge in [-0.2, -0.15) is 5.26 Å². The Morgan fingerprint density at radius 3 is 2.82 bits per heavy atom. The number of hydrogen-bond donors (Lipinski definition) is 2. The van der Waals surface area contributed by atoms with Gasteiger partial charge in [-0.15, -0.1) is 0 Å². The second-order valence-electron chi connectivity index (χ2n) is 6.16. The van der Waals surface area contributed by atoms with Gasteiger partial charge in [0.05, 0.1) is 22.9 Å². The van der Waals surface area contributed by atoms with Crippen molar-refractivity contribution < 1.29 is 0 Å². The molecule has 0 saturated heterocycles. The quantitative estimate of drug-likeness (QED) is 0.562. The summed E-state index contributed by atoms with van der Waals surface area (Å²) >= 11 is 0. The fourth-order valence-corrected chi connectivity index (χ4v) is 2.98. The summed E-state index contributed by atoms with van der Waals surface area (Å²) in [5, 5.41) is 13.5. The van der Waals surface area contributed by atoms with E-state index in [1.165, 1.54) is 6.33 Å². The highest BCUT2D eigenvalue weighted by Gasteiger charge is 2.19. The molecule has 0 amide bonds. The Hall–Kier alpha value is -4.12. The van der Waals surface area contributed by atoms with E-state index in [0.717, 1.165) is 27.9 Å². The number of pyridine rings is 3. The highest BCUT2D eigenvalue weighted by molar-refractivity contribution is 5.83. The second-order valence-corrected chi connectivity index (χ2v) is 6.16. The normalized spacial score (nSPS) is 11.7. The van der Waals surface area contributed by atoms with Crippen molar-refractivity contribution in [1.29, 1.82) is 5.26 Å². The highest BCUT2D eigenvalue weighted by atomic mass is 15.1. The van der Waals surface area contributed by atoms with Crippen molar-refractivity contribution in [3.63, 3.8) is 0 Å². The van der Waals surface area contributed by atoms with E-state index in [2.05, 4.69) is 25.3 Å². The minimum atomic E-state index is -0.268. The van der Waals surface area contributed by atoms with Crippen LogP contribution in [-0.4, -0.2) is 24.9 Å². The van der Waals surface area contributed by atoms with Crippen molar-refractivity contribution in [2.24, 2.45) is 0 Å². The third-order valence-corrected chi connectivity index (χ3v) is 4.34. The molecule has 136 valence electrons. The predicted molar refractivity (Wildman–Crippen MR) is 106 cm³/mol. The number of aromatic nitrogens is 5. The summed E-state index contributed by atoms with van der Waals surface area (Å²) in [5.74, 6) is 0.501. The summed E-state index contributed by atoms with van der Waals surface area (Å²) in [5.41, 5.74) is 9.27. The van der Waals surface area contributed by atoms with Gasteiger partial charge in [0.2, 0.25) is 0 Å². The molecule has 28 heavy (non-hydrogen) atoms. The molecule has 0 fully saturated rings. The van der Waals surface area contributed by atoms with Gasteiger partial charge in [-0.25, -0.2) is 15.0 Å². The zero-order chi connectivity index (χ0) is 19.5. The number of hydrogen-bond acceptors (Lipinski definition) is 8. The smallest absolute Gasteiger partial charge is 0.150 e. The molecule has 0 radical (unpaired) electrons. The Morgan fingerprint density at radius 2 is 2.04 bits per heavy atom. The van der Waals surface area contributed by atoms with E-state index in [1.807, 2.05) is 43.3 Å². The monoisotopic (exact) mass is 368 g/mol. The van der Waals surface area contributed by atoms with Crippen LogP contribution >= 0.6 is 0 Å². The average Bonchev–Trinajstić information content (AvgIpc) is 2.73. The van der Waals surface area contributed by atoms with Crippen LogP contribution in [0.5, 0.6) is 0 Å². The first-order chi connectivity index (χ1) is 13.7. The van der Waals surface area contributed by atoms with Crippen LogP contribution in [0.4, 0.5) is 11.6 Å². The number of fused-ring (bicyclic) bond motifs is 1. The van der Waals surface area contributed by atoms with E-state index in [1.54, 1.807) is 18.6 Å². The van der Waals surface area contributed by atoms with Crippen molar-refractivity contribution in [2.45, 2.75) is 13.0 Å². The molecule has 0 bridgehead atoms. The van der Waals surface area contributed by atoms with Gasteiger partial charge in [-0.3, -0.25) is 9.97 Å². The molecule has 0 aliphatic carbocycles. The van der Waals surface area contributed by atoms with E-state index in [9.17, 15) is 5.26 Å². The SMILES string of the molecule is CC(Nc1ncnc(N)c1C#N)c1nc2ccncc2cc1-c1ccccn1. The van der Waals surface area contributed by atoms with Crippen LogP contribution < -0.4 is 11.1 Å². The lowest BCUT2D eigenvalue weighted by Gasteiger charge is -2.19. The summed E-state index contributed by atoms with van der Waals surface area (Å²) < 4.78 is 0. The minimum absolute atomic E-state index is 0.134. The molecule has 8 nitrogen and oxygen atoms in total. The summed E-state index contributed by atoms with van der Waals surface area (Å²) in [6.07, 6.45) is 6.54. The largest absolute Gasteiger partial charge is 0.382 e. The lowest BCUT2D eigenvalue weighted by atomic mass is 10.0. The van der Waals surface area contributed by atoms with E-state index < -0.39 is 0 Å². The number of nitrogens with two attached hydrogens (primary N) is 1. The van der Waals surface area contributed by atoms with Crippen LogP contribution in [0.1, 0.15) is 24.2 Å². The zero-order valence-corrected chi connectivity index (χ0v) is 15.0. The molecule has 3 N–H and O–H groups in total. The molecule has 4 rings (SSSR count). The Labute approximate surface area is 161 Å². The molecule has 4 aromatic heterocycles. The first kappa shape index (κ1) is 17.3. The van der Waals surface area contributed by atoms with Crippen LogP contribution in [-0.2, 0) is 0 Å². The van der Waals surface area contributed by atoms with Gasteiger partial charge in [0.25, 0.3) is 0 Å². The Bertz CT molecular complexity index is 1180. The fourth-order valence-electron chi connectivity index (χ4n) is 2.98. The second kappa shape index (κ2) is 7.25. The van der Waals surface area contributed by atoms with Crippen molar-refractivity contribution in [1.82, 2.24) is 24.9 Å². The topological polar surface area (TPSA) is 126 Å². The van der Waals surface area contributed by atoms with Crippen LogP contribution in [0.25, 0.3) is 22.2 Å². The van der Waals surface area contributed by atoms with Crippen LogP contribution in [0.2, 0.25) is 0 Å². The lowest BCUT2D eigenvalue weighted by molar-refractivity contribution is 0.838. The molecule has 0 saturated carbocycles. The first-order valence-corrected chi connectivity index (χ1v) is 8.60. The van der Waals surface area contributed by atoms with Crippen LogP contribution in [0.15, 0.2) is 55.2 Å². The number of rotatable bonds is 4. The maximum absolute atomic E-state index is 9.37. The molecule has 0 spiro atoms. The molecule has 8 heteroatoms. The predicted octanol–water partition coefficient (Wildman–Crippen LogP) is 3.11. The molecule has 1 atom stereocenters. The zero-order valence-electron chi connectivity index (χ0n) is 15.0. The van der Waals surface area contributed by atoms with E-state index in [-0.39, 0.29) is 17.4 Å². The summed E-state index contributed by atoms with van der Waals surface area (Å²) in [6, 6.07) is 11.4. The molecule has 4 aromatic rings. The van der Waals surface area contributed by atoms with Gasteiger partial charge < -0.3 is 11.1 Å². The van der Waals surface area contributed by atoms with Crippen molar-refractivity contribution in [3.05, 3.63) is 66.5 Å². The average molecular weight is 368 g/mol. The van der Waals surface area contributed by atoms with Crippen molar-refractivity contribution in [3.8, 4) is 17.3 Å². The Morgan fingerprint density at radius 1 is 1.14 bits per heavy atom. The lowest BCUT2D eigenvalue weighted by Crippen LogP contribution is -2.14. The van der Waals surface area contributed by atoms with E-state index in [4.69, 9.17) is 10.7 Å². The minimum Gasteiger partial charge on any atom is -0.382 e. The molecule has 0 aromatic carbocycles.